The average Bonchev–Trinajstić information content (AvgIpc) is 2.71. The first-order valence-corrected chi connectivity index (χ1v) is 4.89. The number of aliphatic carboxylic acids is 1. The average molecular weight is 212 g/mol. The second-order valence-electron chi connectivity index (χ2n) is 3.88. The smallest absolute Gasteiger partial charge is 0.308 e. The quantitative estimate of drug-likeness (QED) is 0.602. The van der Waals surface area contributed by atoms with Gasteiger partial charge in [-0.3, -0.25) is 14.4 Å². The molecule has 2 heterocycles. The zero-order valence-electron chi connectivity index (χ0n) is 8.10. The molecule has 2 N–H and O–H groups in total. The van der Waals surface area contributed by atoms with E-state index in [0.717, 1.165) is 0 Å². The van der Waals surface area contributed by atoms with Crippen molar-refractivity contribution >= 4 is 17.8 Å². The van der Waals surface area contributed by atoms with Gasteiger partial charge in [0.2, 0.25) is 11.8 Å². The lowest BCUT2D eigenvalue weighted by molar-refractivity contribution is -0.141. The van der Waals surface area contributed by atoms with E-state index < -0.39 is 17.9 Å². The van der Waals surface area contributed by atoms with E-state index in [1.807, 2.05) is 0 Å². The third-order valence-corrected chi connectivity index (χ3v) is 2.90. The van der Waals surface area contributed by atoms with Crippen LogP contribution in [0.2, 0.25) is 0 Å². The minimum Gasteiger partial charge on any atom is -0.481 e. The molecule has 0 aromatic heterocycles. The summed E-state index contributed by atoms with van der Waals surface area (Å²) in [5.41, 5.74) is 0. The molecule has 15 heavy (non-hydrogen) atoms. The Morgan fingerprint density at radius 1 is 1.47 bits per heavy atom. The topological polar surface area (TPSA) is 86.7 Å². The number of rotatable bonds is 2. The number of hydrogen-bond acceptors (Lipinski definition) is 3. The Balaban J connectivity index is 2.08. The van der Waals surface area contributed by atoms with Crippen molar-refractivity contribution in [3.63, 3.8) is 0 Å². The van der Waals surface area contributed by atoms with Gasteiger partial charge in [-0.15, -0.1) is 0 Å². The number of carbonyl (C=O) groups excluding carboxylic acids is 2. The van der Waals surface area contributed by atoms with Crippen LogP contribution in [0.1, 0.15) is 12.8 Å². The zero-order valence-corrected chi connectivity index (χ0v) is 8.10. The fraction of sp³-hybridized carbons (Fsp3) is 0.667. The Morgan fingerprint density at radius 3 is 2.67 bits per heavy atom. The standard InChI is InChI=1S/C9H12N2O4/c12-7-3-5(9(14)15)4-11(7)6-1-2-10-8(6)13/h5-6H,1-4H2,(H,10,13)(H,14,15). The summed E-state index contributed by atoms with van der Waals surface area (Å²) in [7, 11) is 0. The van der Waals surface area contributed by atoms with E-state index in [4.69, 9.17) is 5.11 Å². The Kier molecular flexibility index (Phi) is 2.34. The summed E-state index contributed by atoms with van der Waals surface area (Å²) in [6.45, 7) is 0.720. The molecule has 0 aromatic carbocycles. The minimum atomic E-state index is -0.968. The molecule has 0 aliphatic carbocycles. The summed E-state index contributed by atoms with van der Waals surface area (Å²) < 4.78 is 0. The molecule has 0 saturated carbocycles. The number of nitrogens with zero attached hydrogens (tertiary/aromatic N) is 1. The zero-order chi connectivity index (χ0) is 11.0. The van der Waals surface area contributed by atoms with Crippen LogP contribution in [-0.2, 0) is 14.4 Å². The highest BCUT2D eigenvalue weighted by Crippen LogP contribution is 2.23. The molecule has 2 aliphatic rings. The Bertz CT molecular complexity index is 328. The van der Waals surface area contributed by atoms with Gasteiger partial charge in [0.05, 0.1) is 5.92 Å². The number of hydrogen-bond donors (Lipinski definition) is 2. The summed E-state index contributed by atoms with van der Waals surface area (Å²) in [4.78, 5) is 34.9. The summed E-state index contributed by atoms with van der Waals surface area (Å²) in [6, 6.07) is -0.457. The Morgan fingerprint density at radius 2 is 2.20 bits per heavy atom. The molecule has 0 bridgehead atoms. The lowest BCUT2D eigenvalue weighted by atomic mass is 10.1. The maximum atomic E-state index is 11.5. The first-order valence-electron chi connectivity index (χ1n) is 4.89. The minimum absolute atomic E-state index is 0.0130. The van der Waals surface area contributed by atoms with Gasteiger partial charge < -0.3 is 15.3 Å². The Hall–Kier alpha value is -1.59. The molecule has 2 aliphatic heterocycles. The third-order valence-electron chi connectivity index (χ3n) is 2.90. The fourth-order valence-corrected chi connectivity index (χ4v) is 2.08. The van der Waals surface area contributed by atoms with Gasteiger partial charge in [-0.1, -0.05) is 0 Å². The SMILES string of the molecule is O=C(O)C1CC(=O)N(C2CCNC2=O)C1. The van der Waals surface area contributed by atoms with E-state index >= 15 is 0 Å². The number of carboxylic acid groups (broad SMARTS) is 1. The summed E-state index contributed by atoms with van der Waals surface area (Å²) in [5, 5.41) is 11.4. The number of likely N-dealkylation sites (tertiary alicyclic amines) is 1. The second-order valence-corrected chi connectivity index (χ2v) is 3.88. The van der Waals surface area contributed by atoms with Crippen molar-refractivity contribution in [3.8, 4) is 0 Å². The number of carboxylic acids is 1. The predicted octanol–water partition coefficient (Wildman–Crippen LogP) is -1.19. The molecule has 2 fully saturated rings. The van der Waals surface area contributed by atoms with Crippen LogP contribution in [0.5, 0.6) is 0 Å². The maximum Gasteiger partial charge on any atom is 0.308 e. The normalized spacial score (nSPS) is 30.8. The molecule has 2 atom stereocenters. The van der Waals surface area contributed by atoms with Crippen LogP contribution in [0.15, 0.2) is 0 Å². The van der Waals surface area contributed by atoms with E-state index in [1.54, 1.807) is 0 Å². The monoisotopic (exact) mass is 212 g/mol. The second kappa shape index (κ2) is 3.52. The van der Waals surface area contributed by atoms with Crippen LogP contribution in [0.25, 0.3) is 0 Å². The van der Waals surface area contributed by atoms with E-state index in [9.17, 15) is 14.4 Å². The molecule has 2 saturated heterocycles. The van der Waals surface area contributed by atoms with Crippen LogP contribution in [0.3, 0.4) is 0 Å². The molecular formula is C9H12N2O4. The van der Waals surface area contributed by atoms with E-state index in [2.05, 4.69) is 5.32 Å². The number of amides is 2. The van der Waals surface area contributed by atoms with Gasteiger partial charge in [0.25, 0.3) is 0 Å². The first-order chi connectivity index (χ1) is 7.09. The highest BCUT2D eigenvalue weighted by atomic mass is 16.4. The van der Waals surface area contributed by atoms with Gasteiger partial charge in [-0.2, -0.15) is 0 Å². The van der Waals surface area contributed by atoms with Crippen molar-refractivity contribution in [2.24, 2.45) is 5.92 Å². The maximum absolute atomic E-state index is 11.5. The lowest BCUT2D eigenvalue weighted by Gasteiger charge is -2.21. The van der Waals surface area contributed by atoms with E-state index in [-0.39, 0.29) is 24.8 Å². The van der Waals surface area contributed by atoms with Gasteiger partial charge in [0.15, 0.2) is 0 Å². The molecule has 2 unspecified atom stereocenters. The van der Waals surface area contributed by atoms with Crippen molar-refractivity contribution in [2.45, 2.75) is 18.9 Å². The van der Waals surface area contributed by atoms with Crippen LogP contribution in [-0.4, -0.2) is 46.9 Å². The van der Waals surface area contributed by atoms with Crippen LogP contribution >= 0.6 is 0 Å². The highest BCUT2D eigenvalue weighted by molar-refractivity contribution is 5.92. The molecular weight excluding hydrogens is 200 g/mol. The highest BCUT2D eigenvalue weighted by Gasteiger charge is 2.41. The molecule has 2 rings (SSSR count). The van der Waals surface area contributed by atoms with Gasteiger partial charge in [0, 0.05) is 19.5 Å². The molecule has 6 nitrogen and oxygen atoms in total. The summed E-state index contributed by atoms with van der Waals surface area (Å²) in [6.07, 6.45) is 0.593. The van der Waals surface area contributed by atoms with Gasteiger partial charge >= 0.3 is 5.97 Å². The third kappa shape index (κ3) is 1.67. The van der Waals surface area contributed by atoms with Crippen LogP contribution in [0, 0.1) is 5.92 Å². The van der Waals surface area contributed by atoms with Crippen molar-refractivity contribution in [3.05, 3.63) is 0 Å². The van der Waals surface area contributed by atoms with Gasteiger partial charge in [0.1, 0.15) is 6.04 Å². The summed E-state index contributed by atoms with van der Waals surface area (Å²) >= 11 is 0. The van der Waals surface area contributed by atoms with Crippen LogP contribution < -0.4 is 5.32 Å². The summed E-state index contributed by atoms with van der Waals surface area (Å²) in [5.74, 6) is -2.03. The number of carbonyl (C=O) groups is 3. The van der Waals surface area contributed by atoms with Crippen molar-refractivity contribution in [1.82, 2.24) is 10.2 Å². The molecule has 0 radical (unpaired) electrons. The lowest BCUT2D eigenvalue weighted by Crippen LogP contribution is -2.41. The number of nitrogens with one attached hydrogen (secondary N) is 1. The fourth-order valence-electron chi connectivity index (χ4n) is 2.08. The van der Waals surface area contributed by atoms with Crippen LogP contribution in [0.4, 0.5) is 0 Å². The Labute approximate surface area is 86.2 Å². The molecule has 82 valence electrons. The van der Waals surface area contributed by atoms with Gasteiger partial charge in [-0.25, -0.2) is 0 Å². The van der Waals surface area contributed by atoms with E-state index in [1.165, 1.54) is 4.90 Å². The van der Waals surface area contributed by atoms with Crippen molar-refractivity contribution in [1.29, 1.82) is 0 Å². The van der Waals surface area contributed by atoms with Crippen molar-refractivity contribution < 1.29 is 19.5 Å². The van der Waals surface area contributed by atoms with Crippen molar-refractivity contribution in [2.75, 3.05) is 13.1 Å². The van der Waals surface area contributed by atoms with Gasteiger partial charge in [-0.05, 0) is 6.42 Å². The predicted molar refractivity (Wildman–Crippen MR) is 48.9 cm³/mol. The molecule has 0 spiro atoms. The largest absolute Gasteiger partial charge is 0.481 e. The first kappa shape index (κ1) is 9.95. The molecule has 0 aromatic rings. The van der Waals surface area contributed by atoms with E-state index in [0.29, 0.717) is 13.0 Å². The molecule has 2 amide bonds. The molecule has 6 heteroatoms.